The summed E-state index contributed by atoms with van der Waals surface area (Å²) in [4.78, 5) is 0.358. The van der Waals surface area contributed by atoms with Gasteiger partial charge in [0, 0.05) is 20.2 Å². The molecule has 0 aliphatic carbocycles. The van der Waals surface area contributed by atoms with Gasteiger partial charge in [0.05, 0.1) is 11.5 Å². The van der Waals surface area contributed by atoms with Crippen molar-refractivity contribution in [3.8, 4) is 0 Å². The standard InChI is InChI=1S/C14H24N2O3S/c1-12-5-6-14(13(2)11-12)20(17,18)16(8-4-7-15)9-10-19-3/h5-6,11H,4,7-10,15H2,1-3H3. The van der Waals surface area contributed by atoms with Crippen LogP contribution in [0.15, 0.2) is 23.1 Å². The van der Waals surface area contributed by atoms with Crippen molar-refractivity contribution in [1.82, 2.24) is 4.31 Å². The highest BCUT2D eigenvalue weighted by molar-refractivity contribution is 7.89. The second kappa shape index (κ2) is 7.73. The SMILES string of the molecule is COCCN(CCCN)S(=O)(=O)c1ccc(C)cc1C. The first-order valence-electron chi connectivity index (χ1n) is 6.70. The third-order valence-electron chi connectivity index (χ3n) is 3.10. The lowest BCUT2D eigenvalue weighted by Gasteiger charge is -2.22. The first-order valence-corrected chi connectivity index (χ1v) is 8.14. The number of hydrogen-bond donors (Lipinski definition) is 1. The van der Waals surface area contributed by atoms with E-state index in [-0.39, 0.29) is 0 Å². The van der Waals surface area contributed by atoms with E-state index in [9.17, 15) is 8.42 Å². The molecular weight excluding hydrogens is 276 g/mol. The van der Waals surface area contributed by atoms with Gasteiger partial charge in [-0.2, -0.15) is 4.31 Å². The van der Waals surface area contributed by atoms with Gasteiger partial charge >= 0.3 is 0 Å². The van der Waals surface area contributed by atoms with Crippen molar-refractivity contribution < 1.29 is 13.2 Å². The molecule has 0 amide bonds. The molecule has 0 aliphatic rings. The van der Waals surface area contributed by atoms with Crippen molar-refractivity contribution in [3.63, 3.8) is 0 Å². The first kappa shape index (κ1) is 17.1. The predicted octanol–water partition coefficient (Wildman–Crippen LogP) is 1.29. The zero-order valence-electron chi connectivity index (χ0n) is 12.4. The molecule has 0 saturated carbocycles. The van der Waals surface area contributed by atoms with Gasteiger partial charge in [-0.15, -0.1) is 0 Å². The fourth-order valence-corrected chi connectivity index (χ4v) is 3.71. The average Bonchev–Trinajstić information content (AvgIpc) is 2.38. The molecule has 0 aliphatic heterocycles. The van der Waals surface area contributed by atoms with Crippen LogP contribution in [0.25, 0.3) is 0 Å². The Balaban J connectivity index is 3.07. The quantitative estimate of drug-likeness (QED) is 0.785. The van der Waals surface area contributed by atoms with Gasteiger partial charge in [0.1, 0.15) is 0 Å². The number of sulfonamides is 1. The van der Waals surface area contributed by atoms with E-state index < -0.39 is 10.0 Å². The fourth-order valence-electron chi connectivity index (χ4n) is 2.04. The molecule has 0 saturated heterocycles. The van der Waals surface area contributed by atoms with Crippen molar-refractivity contribution in [2.24, 2.45) is 5.73 Å². The molecule has 0 radical (unpaired) electrons. The Bertz CT molecular complexity index is 521. The maximum absolute atomic E-state index is 12.7. The Morgan fingerprint density at radius 3 is 2.50 bits per heavy atom. The van der Waals surface area contributed by atoms with E-state index in [0.29, 0.717) is 37.6 Å². The molecule has 114 valence electrons. The molecule has 0 bridgehead atoms. The largest absolute Gasteiger partial charge is 0.383 e. The molecule has 0 fully saturated rings. The van der Waals surface area contributed by atoms with Crippen molar-refractivity contribution >= 4 is 10.0 Å². The van der Waals surface area contributed by atoms with Gasteiger partial charge in [0.2, 0.25) is 10.0 Å². The maximum Gasteiger partial charge on any atom is 0.243 e. The van der Waals surface area contributed by atoms with Gasteiger partial charge in [-0.3, -0.25) is 0 Å². The van der Waals surface area contributed by atoms with Crippen LogP contribution in [0.3, 0.4) is 0 Å². The summed E-state index contributed by atoms with van der Waals surface area (Å²) < 4.78 is 31.9. The normalized spacial score (nSPS) is 12.1. The molecule has 20 heavy (non-hydrogen) atoms. The molecule has 6 heteroatoms. The summed E-state index contributed by atoms with van der Waals surface area (Å²) in [5.41, 5.74) is 7.30. The molecule has 0 unspecified atom stereocenters. The minimum absolute atomic E-state index is 0.339. The average molecular weight is 300 g/mol. The molecule has 0 heterocycles. The summed E-state index contributed by atoms with van der Waals surface area (Å²) in [6, 6.07) is 5.36. The minimum Gasteiger partial charge on any atom is -0.383 e. The highest BCUT2D eigenvalue weighted by atomic mass is 32.2. The van der Waals surface area contributed by atoms with Crippen LogP contribution in [0.5, 0.6) is 0 Å². The van der Waals surface area contributed by atoms with E-state index >= 15 is 0 Å². The Hall–Kier alpha value is -0.950. The highest BCUT2D eigenvalue weighted by Crippen LogP contribution is 2.21. The minimum atomic E-state index is -3.50. The summed E-state index contributed by atoms with van der Waals surface area (Å²) >= 11 is 0. The lowest BCUT2D eigenvalue weighted by molar-refractivity contribution is 0.178. The molecule has 0 atom stereocenters. The highest BCUT2D eigenvalue weighted by Gasteiger charge is 2.25. The van der Waals surface area contributed by atoms with E-state index in [1.165, 1.54) is 4.31 Å². The second-order valence-electron chi connectivity index (χ2n) is 4.81. The van der Waals surface area contributed by atoms with Crippen LogP contribution in [0, 0.1) is 13.8 Å². The van der Waals surface area contributed by atoms with Gasteiger partial charge in [0.15, 0.2) is 0 Å². The number of methoxy groups -OCH3 is 1. The fraction of sp³-hybridized carbons (Fsp3) is 0.571. The van der Waals surface area contributed by atoms with Crippen LogP contribution >= 0.6 is 0 Å². The summed E-state index contributed by atoms with van der Waals surface area (Å²) in [5, 5.41) is 0. The number of ether oxygens (including phenoxy) is 1. The summed E-state index contributed by atoms with van der Waals surface area (Å²) in [5.74, 6) is 0. The molecule has 5 nitrogen and oxygen atoms in total. The Morgan fingerprint density at radius 2 is 1.95 bits per heavy atom. The molecule has 2 N–H and O–H groups in total. The van der Waals surface area contributed by atoms with Crippen LogP contribution in [0.4, 0.5) is 0 Å². The lowest BCUT2D eigenvalue weighted by atomic mass is 10.2. The van der Waals surface area contributed by atoms with Gasteiger partial charge in [-0.25, -0.2) is 8.42 Å². The number of nitrogens with two attached hydrogens (primary N) is 1. The van der Waals surface area contributed by atoms with Crippen molar-refractivity contribution in [2.75, 3.05) is 33.4 Å². The van der Waals surface area contributed by atoms with Gasteiger partial charge in [0.25, 0.3) is 0 Å². The van der Waals surface area contributed by atoms with E-state index in [2.05, 4.69) is 0 Å². The third kappa shape index (κ3) is 4.28. The number of benzene rings is 1. The molecule has 1 aromatic carbocycles. The molecule has 0 spiro atoms. The van der Waals surface area contributed by atoms with Crippen LogP contribution in [-0.2, 0) is 14.8 Å². The Kier molecular flexibility index (Phi) is 6.61. The van der Waals surface area contributed by atoms with Gasteiger partial charge < -0.3 is 10.5 Å². The van der Waals surface area contributed by atoms with Crippen molar-refractivity contribution in [1.29, 1.82) is 0 Å². The van der Waals surface area contributed by atoms with Crippen molar-refractivity contribution in [2.45, 2.75) is 25.2 Å². The first-order chi connectivity index (χ1) is 9.43. The molecular formula is C14H24N2O3S. The predicted molar refractivity (Wildman–Crippen MR) is 80.2 cm³/mol. The Labute approximate surface area is 121 Å². The topological polar surface area (TPSA) is 72.6 Å². The smallest absolute Gasteiger partial charge is 0.243 e. The zero-order chi connectivity index (χ0) is 15.2. The van der Waals surface area contributed by atoms with Crippen LogP contribution < -0.4 is 5.73 Å². The molecule has 0 aromatic heterocycles. The van der Waals surface area contributed by atoms with Gasteiger partial charge in [-0.1, -0.05) is 17.7 Å². The summed E-state index contributed by atoms with van der Waals surface area (Å²) in [7, 11) is -1.93. The van der Waals surface area contributed by atoms with Crippen LogP contribution in [0.2, 0.25) is 0 Å². The third-order valence-corrected chi connectivity index (χ3v) is 5.16. The summed E-state index contributed by atoms with van der Waals surface area (Å²) in [6.45, 7) is 5.35. The molecule has 1 rings (SSSR count). The summed E-state index contributed by atoms with van der Waals surface area (Å²) in [6.07, 6.45) is 0.633. The van der Waals surface area contributed by atoms with Crippen molar-refractivity contribution in [3.05, 3.63) is 29.3 Å². The lowest BCUT2D eigenvalue weighted by Crippen LogP contribution is -2.36. The van der Waals surface area contributed by atoms with E-state index in [4.69, 9.17) is 10.5 Å². The van der Waals surface area contributed by atoms with Crippen LogP contribution in [0.1, 0.15) is 17.5 Å². The molecule has 1 aromatic rings. The van der Waals surface area contributed by atoms with E-state index in [1.807, 2.05) is 26.0 Å². The number of nitrogens with zero attached hydrogens (tertiary/aromatic N) is 1. The number of rotatable bonds is 8. The maximum atomic E-state index is 12.7. The van der Waals surface area contributed by atoms with Gasteiger partial charge in [-0.05, 0) is 38.4 Å². The van der Waals surface area contributed by atoms with E-state index in [0.717, 1.165) is 11.1 Å². The number of aryl methyl sites for hydroxylation is 2. The zero-order valence-corrected chi connectivity index (χ0v) is 13.2. The monoisotopic (exact) mass is 300 g/mol. The van der Waals surface area contributed by atoms with E-state index in [1.54, 1.807) is 13.2 Å². The number of hydrogen-bond acceptors (Lipinski definition) is 4. The Morgan fingerprint density at radius 1 is 1.25 bits per heavy atom. The van der Waals surface area contributed by atoms with Crippen LogP contribution in [-0.4, -0.2) is 46.1 Å². The second-order valence-corrected chi connectivity index (χ2v) is 6.71.